The Balaban J connectivity index is 1.89. The Morgan fingerprint density at radius 2 is 1.87 bits per heavy atom. The van der Waals surface area contributed by atoms with Gasteiger partial charge in [-0.1, -0.05) is 17.7 Å². The molecule has 2 atom stereocenters. The largest absolute Gasteiger partial charge is 0.497 e. The van der Waals surface area contributed by atoms with Crippen LogP contribution in [0.5, 0.6) is 11.5 Å². The van der Waals surface area contributed by atoms with E-state index in [1.807, 2.05) is 39.0 Å². The summed E-state index contributed by atoms with van der Waals surface area (Å²) in [5, 5.41) is 3.05. The highest BCUT2D eigenvalue weighted by Gasteiger charge is 2.37. The molecule has 3 rings (SSSR count). The number of rotatable bonds is 6. The Bertz CT molecular complexity index is 1060. The standard InChI is InChI=1S/C23H30N2O5S/c1-15-7-12-21-19(13-15)20(14-23(3,4)30-21)24-22(26)16(2)25(31(6,27)28)17-8-10-18(29-5)11-9-17/h7-13,16,20H,14H2,1-6H3,(H,24,26). The monoisotopic (exact) mass is 446 g/mol. The molecule has 2 aromatic carbocycles. The van der Waals surface area contributed by atoms with Crippen LogP contribution >= 0.6 is 0 Å². The first-order chi connectivity index (χ1) is 14.4. The zero-order valence-electron chi connectivity index (χ0n) is 18.8. The highest BCUT2D eigenvalue weighted by atomic mass is 32.2. The maximum atomic E-state index is 13.2. The first-order valence-corrected chi connectivity index (χ1v) is 12.0. The second-order valence-corrected chi connectivity index (χ2v) is 10.5. The molecule has 7 nitrogen and oxygen atoms in total. The Morgan fingerprint density at radius 1 is 1.23 bits per heavy atom. The van der Waals surface area contributed by atoms with Crippen molar-refractivity contribution < 1.29 is 22.7 Å². The van der Waals surface area contributed by atoms with Gasteiger partial charge in [0.25, 0.3) is 0 Å². The van der Waals surface area contributed by atoms with Crippen molar-refractivity contribution in [3.05, 3.63) is 53.6 Å². The number of nitrogens with one attached hydrogen (secondary N) is 1. The second kappa shape index (κ2) is 8.42. The lowest BCUT2D eigenvalue weighted by atomic mass is 9.89. The summed E-state index contributed by atoms with van der Waals surface area (Å²) in [4.78, 5) is 13.2. The summed E-state index contributed by atoms with van der Waals surface area (Å²) in [7, 11) is -2.17. The third-order valence-electron chi connectivity index (χ3n) is 5.35. The highest BCUT2D eigenvalue weighted by molar-refractivity contribution is 7.92. The first kappa shape index (κ1) is 22.9. The zero-order valence-corrected chi connectivity index (χ0v) is 19.6. The molecule has 0 aromatic heterocycles. The van der Waals surface area contributed by atoms with Crippen molar-refractivity contribution in [2.45, 2.75) is 51.8 Å². The van der Waals surface area contributed by atoms with Gasteiger partial charge in [-0.15, -0.1) is 0 Å². The predicted molar refractivity (Wildman–Crippen MR) is 121 cm³/mol. The van der Waals surface area contributed by atoms with E-state index < -0.39 is 21.7 Å². The third kappa shape index (κ3) is 5.12. The number of hydrogen-bond acceptors (Lipinski definition) is 5. The van der Waals surface area contributed by atoms with Crippen molar-refractivity contribution in [2.75, 3.05) is 17.7 Å². The lowest BCUT2D eigenvalue weighted by Gasteiger charge is -2.39. The third-order valence-corrected chi connectivity index (χ3v) is 6.60. The van der Waals surface area contributed by atoms with Gasteiger partial charge in [0.05, 0.1) is 25.1 Å². The van der Waals surface area contributed by atoms with Gasteiger partial charge in [-0.05, 0) is 58.0 Å². The molecule has 1 N–H and O–H groups in total. The van der Waals surface area contributed by atoms with E-state index in [-0.39, 0.29) is 11.9 Å². The molecule has 0 spiro atoms. The average Bonchev–Trinajstić information content (AvgIpc) is 2.67. The molecule has 168 valence electrons. The number of anilines is 1. The van der Waals surface area contributed by atoms with Crippen LogP contribution < -0.4 is 19.1 Å². The molecule has 1 amide bonds. The molecule has 0 fully saturated rings. The van der Waals surface area contributed by atoms with Crippen molar-refractivity contribution in [1.29, 1.82) is 0 Å². The number of carbonyl (C=O) groups is 1. The van der Waals surface area contributed by atoms with Crippen LogP contribution in [-0.4, -0.2) is 39.3 Å². The van der Waals surface area contributed by atoms with E-state index in [4.69, 9.17) is 9.47 Å². The average molecular weight is 447 g/mol. The molecule has 0 aliphatic carbocycles. The summed E-state index contributed by atoms with van der Waals surface area (Å²) in [5.74, 6) is 0.956. The van der Waals surface area contributed by atoms with Crippen molar-refractivity contribution in [3.63, 3.8) is 0 Å². The van der Waals surface area contributed by atoms with Gasteiger partial charge in [-0.3, -0.25) is 9.10 Å². The van der Waals surface area contributed by atoms with Gasteiger partial charge >= 0.3 is 0 Å². The Labute approximate surface area is 184 Å². The van der Waals surface area contributed by atoms with Crippen LogP contribution in [0.3, 0.4) is 0 Å². The minimum Gasteiger partial charge on any atom is -0.497 e. The second-order valence-electron chi connectivity index (χ2n) is 8.60. The smallest absolute Gasteiger partial charge is 0.244 e. The molecule has 0 saturated heterocycles. The van der Waals surface area contributed by atoms with Gasteiger partial charge < -0.3 is 14.8 Å². The molecule has 0 bridgehead atoms. The van der Waals surface area contributed by atoms with Gasteiger partial charge in [0.2, 0.25) is 15.9 Å². The maximum absolute atomic E-state index is 13.2. The summed E-state index contributed by atoms with van der Waals surface area (Å²) < 4.78 is 37.5. The number of hydrogen-bond donors (Lipinski definition) is 1. The van der Waals surface area contributed by atoms with Crippen molar-refractivity contribution in [3.8, 4) is 11.5 Å². The topological polar surface area (TPSA) is 84.9 Å². The molecule has 2 aromatic rings. The lowest BCUT2D eigenvalue weighted by Crippen LogP contribution is -2.50. The van der Waals surface area contributed by atoms with Crippen LogP contribution in [0.25, 0.3) is 0 Å². The van der Waals surface area contributed by atoms with Crippen LogP contribution in [0.4, 0.5) is 5.69 Å². The molecule has 8 heteroatoms. The molecule has 1 aliphatic rings. The van der Waals surface area contributed by atoms with E-state index in [0.717, 1.165) is 27.4 Å². The van der Waals surface area contributed by atoms with Crippen molar-refractivity contribution >= 4 is 21.6 Å². The number of nitrogens with zero attached hydrogens (tertiary/aromatic N) is 1. The molecule has 2 unspecified atom stereocenters. The number of benzene rings is 2. The van der Waals surface area contributed by atoms with E-state index in [1.165, 1.54) is 7.11 Å². The van der Waals surface area contributed by atoms with Crippen LogP contribution in [-0.2, 0) is 14.8 Å². The number of carbonyl (C=O) groups excluding carboxylic acids is 1. The molecule has 31 heavy (non-hydrogen) atoms. The quantitative estimate of drug-likeness (QED) is 0.733. The van der Waals surface area contributed by atoms with E-state index in [0.29, 0.717) is 17.9 Å². The molecular weight excluding hydrogens is 416 g/mol. The Morgan fingerprint density at radius 3 is 2.45 bits per heavy atom. The normalized spacial score (nSPS) is 18.3. The van der Waals surface area contributed by atoms with E-state index in [1.54, 1.807) is 31.2 Å². The highest BCUT2D eigenvalue weighted by Crippen LogP contribution is 2.40. The van der Waals surface area contributed by atoms with Crippen LogP contribution in [0.1, 0.15) is 44.4 Å². The summed E-state index contributed by atoms with van der Waals surface area (Å²) >= 11 is 0. The summed E-state index contributed by atoms with van der Waals surface area (Å²) in [6.07, 6.45) is 1.67. The molecule has 0 radical (unpaired) electrons. The van der Waals surface area contributed by atoms with Crippen LogP contribution in [0.2, 0.25) is 0 Å². The number of amides is 1. The number of sulfonamides is 1. The minimum absolute atomic E-state index is 0.286. The summed E-state index contributed by atoms with van der Waals surface area (Å²) in [5.41, 5.74) is 1.89. The fourth-order valence-corrected chi connectivity index (χ4v) is 5.11. The molecule has 1 aliphatic heterocycles. The summed E-state index contributed by atoms with van der Waals surface area (Å²) in [6, 6.07) is 11.2. The first-order valence-electron chi connectivity index (χ1n) is 10.1. The van der Waals surface area contributed by atoms with Gasteiger partial charge in [0, 0.05) is 12.0 Å². The van der Waals surface area contributed by atoms with Crippen molar-refractivity contribution in [1.82, 2.24) is 5.32 Å². The Kier molecular flexibility index (Phi) is 6.23. The maximum Gasteiger partial charge on any atom is 0.244 e. The van der Waals surface area contributed by atoms with Crippen molar-refractivity contribution in [2.24, 2.45) is 0 Å². The fourth-order valence-electron chi connectivity index (χ4n) is 3.93. The fraction of sp³-hybridized carbons (Fsp3) is 0.435. The van der Waals surface area contributed by atoms with E-state index in [2.05, 4.69) is 5.32 Å². The van der Waals surface area contributed by atoms with Gasteiger partial charge in [0.1, 0.15) is 23.1 Å². The number of fused-ring (bicyclic) bond motifs is 1. The number of methoxy groups -OCH3 is 1. The molecule has 1 heterocycles. The Hall–Kier alpha value is -2.74. The van der Waals surface area contributed by atoms with E-state index in [9.17, 15) is 13.2 Å². The number of ether oxygens (including phenoxy) is 2. The van der Waals surface area contributed by atoms with Crippen LogP contribution in [0.15, 0.2) is 42.5 Å². The van der Waals surface area contributed by atoms with Crippen LogP contribution in [0, 0.1) is 6.92 Å². The van der Waals surface area contributed by atoms with Gasteiger partial charge in [-0.25, -0.2) is 8.42 Å². The lowest BCUT2D eigenvalue weighted by molar-refractivity contribution is -0.123. The van der Waals surface area contributed by atoms with Gasteiger partial charge in [-0.2, -0.15) is 0 Å². The number of aryl methyl sites for hydroxylation is 1. The molecule has 0 saturated carbocycles. The van der Waals surface area contributed by atoms with Gasteiger partial charge in [0.15, 0.2) is 0 Å². The predicted octanol–water partition coefficient (Wildman–Crippen LogP) is 3.58. The zero-order chi connectivity index (χ0) is 23.0. The minimum atomic E-state index is -3.71. The molecular formula is C23H30N2O5S. The SMILES string of the molecule is COc1ccc(N(C(C)C(=O)NC2CC(C)(C)Oc3ccc(C)cc32)S(C)(=O)=O)cc1. The summed E-state index contributed by atoms with van der Waals surface area (Å²) in [6.45, 7) is 7.51. The van der Waals surface area contributed by atoms with E-state index >= 15 is 0 Å².